The van der Waals surface area contributed by atoms with E-state index in [0.29, 0.717) is 24.5 Å². The Balaban J connectivity index is 1.31. The van der Waals surface area contributed by atoms with Crippen LogP contribution in [0, 0.1) is 6.92 Å². The first kappa shape index (κ1) is 35.5. The molecule has 0 bridgehead atoms. The van der Waals surface area contributed by atoms with E-state index in [9.17, 15) is 34.8 Å². The summed E-state index contributed by atoms with van der Waals surface area (Å²) in [7, 11) is -3.97. The van der Waals surface area contributed by atoms with Gasteiger partial charge in [-0.25, -0.2) is 4.98 Å². The smallest absolute Gasteiger partial charge is 0.349 e. The molecule has 258 valence electrons. The number of halogens is 6. The summed E-state index contributed by atoms with van der Waals surface area (Å²) in [4.78, 5) is 6.30. The summed E-state index contributed by atoms with van der Waals surface area (Å²) in [5, 5.41) is 4.43. The molecule has 2 unspecified atom stereocenters. The molecule has 48 heavy (non-hydrogen) atoms. The topological polar surface area (TPSA) is 95.8 Å². The Kier molecular flexibility index (Phi) is 10.6. The third-order valence-electron chi connectivity index (χ3n) is 7.67. The fourth-order valence-corrected chi connectivity index (χ4v) is 6.10. The molecule has 2 heterocycles. The number of hydrogen-bond donors (Lipinski definition) is 0. The number of rotatable bonds is 11. The van der Waals surface area contributed by atoms with Crippen molar-refractivity contribution in [2.45, 2.75) is 62.6 Å². The molecule has 0 amide bonds. The van der Waals surface area contributed by atoms with Crippen LogP contribution in [0.1, 0.15) is 52.7 Å². The number of morpholine rings is 1. The SMILES string of the molecule is Cc1ccc(S(=O)(=O)OCCn2cnc(CN3CCOC(O[C@H](C)c4cc(C(F)(F)F)cc(C(F)(F)F)c4)C3c3ccccc3)n2)cc1. The summed E-state index contributed by atoms with van der Waals surface area (Å²) in [5.74, 6) is 0.374. The van der Waals surface area contributed by atoms with Gasteiger partial charge in [0.25, 0.3) is 10.1 Å². The van der Waals surface area contributed by atoms with Crippen LogP contribution in [0.4, 0.5) is 26.3 Å². The second kappa shape index (κ2) is 14.3. The predicted molar refractivity (Wildman–Crippen MR) is 160 cm³/mol. The lowest BCUT2D eigenvalue weighted by Crippen LogP contribution is -2.46. The van der Waals surface area contributed by atoms with Crippen molar-refractivity contribution in [1.82, 2.24) is 19.7 Å². The molecule has 1 aliphatic heterocycles. The van der Waals surface area contributed by atoms with Crippen molar-refractivity contribution in [2.24, 2.45) is 0 Å². The molecule has 0 aliphatic carbocycles. The van der Waals surface area contributed by atoms with Crippen LogP contribution >= 0.6 is 0 Å². The van der Waals surface area contributed by atoms with Crippen LogP contribution in [0.15, 0.2) is 84.0 Å². The molecule has 1 saturated heterocycles. The Morgan fingerprint density at radius 3 is 2.23 bits per heavy atom. The lowest BCUT2D eigenvalue weighted by molar-refractivity contribution is -0.231. The third kappa shape index (κ3) is 8.79. The number of benzene rings is 3. The molecule has 3 atom stereocenters. The highest BCUT2D eigenvalue weighted by Crippen LogP contribution is 2.39. The zero-order chi connectivity index (χ0) is 34.7. The van der Waals surface area contributed by atoms with E-state index in [-0.39, 0.29) is 42.8 Å². The normalized spacial score (nSPS) is 18.6. The number of ether oxygens (including phenoxy) is 2. The minimum absolute atomic E-state index is 0.0339. The Bertz CT molecular complexity index is 1750. The Morgan fingerprint density at radius 1 is 0.958 bits per heavy atom. The van der Waals surface area contributed by atoms with E-state index in [4.69, 9.17) is 13.7 Å². The molecule has 16 heteroatoms. The van der Waals surface area contributed by atoms with Crippen LogP contribution in [0.5, 0.6) is 0 Å². The van der Waals surface area contributed by atoms with E-state index in [1.54, 1.807) is 42.5 Å². The highest BCUT2D eigenvalue weighted by molar-refractivity contribution is 7.86. The number of nitrogens with zero attached hydrogens (tertiary/aromatic N) is 4. The fraction of sp³-hybridized carbons (Fsp3) is 0.375. The number of aryl methyl sites for hydroxylation is 1. The average molecular weight is 699 g/mol. The van der Waals surface area contributed by atoms with Crippen LogP contribution < -0.4 is 0 Å². The molecule has 9 nitrogen and oxygen atoms in total. The van der Waals surface area contributed by atoms with Crippen molar-refractivity contribution in [3.63, 3.8) is 0 Å². The quantitative estimate of drug-likeness (QED) is 0.126. The van der Waals surface area contributed by atoms with E-state index >= 15 is 0 Å². The molecule has 1 aliphatic rings. The first-order valence-electron chi connectivity index (χ1n) is 14.8. The number of alkyl halides is 6. The standard InChI is InChI=1S/C32H32F6N4O5S/c1-21-8-10-27(11-9-21)48(43,44)46-15-13-42-20-39-28(40-42)19-41-12-14-45-30(29(41)23-6-4-3-5-7-23)47-22(2)24-16-25(31(33,34)35)18-26(17-24)32(36,37)38/h3-11,16-18,20,22,29-30H,12-15,19H2,1-2H3/t22-,29?,30?/m1/s1. The maximum absolute atomic E-state index is 13.5. The maximum Gasteiger partial charge on any atom is 0.416 e. The summed E-state index contributed by atoms with van der Waals surface area (Å²) in [6, 6.07) is 15.9. The van der Waals surface area contributed by atoms with Gasteiger partial charge in [-0.1, -0.05) is 48.0 Å². The minimum Gasteiger partial charge on any atom is -0.349 e. The predicted octanol–water partition coefficient (Wildman–Crippen LogP) is 6.71. The van der Waals surface area contributed by atoms with Crippen LogP contribution in [0.3, 0.4) is 0 Å². The highest BCUT2D eigenvalue weighted by Gasteiger charge is 2.39. The number of aromatic nitrogens is 3. The molecule has 0 spiro atoms. The van der Waals surface area contributed by atoms with Crippen molar-refractivity contribution in [1.29, 1.82) is 0 Å². The second-order valence-corrected chi connectivity index (χ2v) is 12.8. The van der Waals surface area contributed by atoms with Gasteiger partial charge in [0.1, 0.15) is 6.33 Å². The zero-order valence-electron chi connectivity index (χ0n) is 25.8. The molecule has 0 saturated carbocycles. The van der Waals surface area contributed by atoms with Gasteiger partial charge in [-0.05, 0) is 55.3 Å². The van der Waals surface area contributed by atoms with E-state index in [0.717, 1.165) is 11.1 Å². The van der Waals surface area contributed by atoms with Gasteiger partial charge < -0.3 is 9.47 Å². The van der Waals surface area contributed by atoms with Crippen LogP contribution in [0.2, 0.25) is 0 Å². The maximum atomic E-state index is 13.5. The van der Waals surface area contributed by atoms with Gasteiger partial charge in [-0.2, -0.15) is 39.9 Å². The summed E-state index contributed by atoms with van der Waals surface area (Å²) < 4.78 is 125. The van der Waals surface area contributed by atoms with Gasteiger partial charge in [0.2, 0.25) is 0 Å². The van der Waals surface area contributed by atoms with Gasteiger partial charge >= 0.3 is 12.4 Å². The van der Waals surface area contributed by atoms with Crippen molar-refractivity contribution in [2.75, 3.05) is 19.8 Å². The van der Waals surface area contributed by atoms with Crippen molar-refractivity contribution >= 4 is 10.1 Å². The molecule has 0 radical (unpaired) electrons. The molecule has 5 rings (SSSR count). The van der Waals surface area contributed by atoms with E-state index in [1.165, 1.54) is 30.1 Å². The summed E-state index contributed by atoms with van der Waals surface area (Å²) in [5.41, 5.74) is -1.55. The van der Waals surface area contributed by atoms with Crippen LogP contribution in [-0.2, 0) is 49.2 Å². The van der Waals surface area contributed by atoms with Crippen LogP contribution in [0.25, 0.3) is 0 Å². The van der Waals surface area contributed by atoms with Gasteiger partial charge in [0, 0.05) is 6.54 Å². The lowest BCUT2D eigenvalue weighted by atomic mass is 10.0. The molecule has 1 fully saturated rings. The molecular formula is C32H32F6N4O5S. The summed E-state index contributed by atoms with van der Waals surface area (Å²) in [6.45, 7) is 3.79. The van der Waals surface area contributed by atoms with Gasteiger partial charge in [0.05, 0.1) is 54.5 Å². The third-order valence-corrected chi connectivity index (χ3v) is 8.99. The summed E-state index contributed by atoms with van der Waals surface area (Å²) >= 11 is 0. The van der Waals surface area contributed by atoms with Crippen molar-refractivity contribution < 1.29 is 48.4 Å². The lowest BCUT2D eigenvalue weighted by Gasteiger charge is -2.41. The molecule has 3 aromatic carbocycles. The Morgan fingerprint density at radius 2 is 1.60 bits per heavy atom. The molecule has 1 aromatic heterocycles. The highest BCUT2D eigenvalue weighted by atomic mass is 32.2. The second-order valence-electron chi connectivity index (χ2n) is 11.2. The minimum atomic E-state index is -5.00. The van der Waals surface area contributed by atoms with Gasteiger partial charge in [-0.15, -0.1) is 0 Å². The fourth-order valence-electron chi connectivity index (χ4n) is 5.20. The van der Waals surface area contributed by atoms with Crippen molar-refractivity contribution in [3.05, 3.63) is 113 Å². The van der Waals surface area contributed by atoms with Crippen LogP contribution in [-0.4, -0.2) is 54.1 Å². The Hall–Kier alpha value is -3.83. The van der Waals surface area contributed by atoms with Crippen molar-refractivity contribution in [3.8, 4) is 0 Å². The first-order chi connectivity index (χ1) is 22.6. The van der Waals surface area contributed by atoms with E-state index in [1.807, 2.05) is 11.8 Å². The van der Waals surface area contributed by atoms with Gasteiger partial charge in [0.15, 0.2) is 12.1 Å². The van der Waals surface area contributed by atoms with E-state index < -0.39 is 52.0 Å². The molecule has 0 N–H and O–H groups in total. The number of hydrogen-bond acceptors (Lipinski definition) is 8. The Labute approximate surface area is 273 Å². The van der Waals surface area contributed by atoms with Gasteiger partial charge in [-0.3, -0.25) is 13.8 Å². The molecule has 4 aromatic rings. The zero-order valence-corrected chi connectivity index (χ0v) is 26.6. The summed E-state index contributed by atoms with van der Waals surface area (Å²) in [6.07, 6.45) is -10.9. The largest absolute Gasteiger partial charge is 0.416 e. The first-order valence-corrected chi connectivity index (χ1v) is 16.2. The molecular weight excluding hydrogens is 666 g/mol. The monoisotopic (exact) mass is 698 g/mol. The average Bonchev–Trinajstić information content (AvgIpc) is 3.47. The van der Waals surface area contributed by atoms with E-state index in [2.05, 4.69) is 10.1 Å².